The van der Waals surface area contributed by atoms with E-state index in [1.807, 2.05) is 47.8 Å². The van der Waals surface area contributed by atoms with Crippen molar-refractivity contribution < 1.29 is 4.79 Å². The third-order valence-electron chi connectivity index (χ3n) is 2.83. The fourth-order valence-electron chi connectivity index (χ4n) is 1.89. The summed E-state index contributed by atoms with van der Waals surface area (Å²) in [4.78, 5) is 12.2. The highest BCUT2D eigenvalue weighted by molar-refractivity contribution is 9.10. The van der Waals surface area contributed by atoms with Gasteiger partial charge >= 0.3 is 0 Å². The topological polar surface area (TPSA) is 29.1 Å². The average Bonchev–Trinajstić information content (AvgIpc) is 2.86. The highest BCUT2D eigenvalue weighted by Crippen LogP contribution is 2.25. The molecular formula is C15H10BrNOS. The van der Waals surface area contributed by atoms with Crippen molar-refractivity contribution in [3.05, 3.63) is 63.9 Å². The fourth-order valence-corrected chi connectivity index (χ4v) is 3.12. The molecular weight excluding hydrogens is 322 g/mol. The maximum Gasteiger partial charge on any atom is 0.256 e. The van der Waals surface area contributed by atoms with Crippen molar-refractivity contribution in [1.82, 2.24) is 0 Å². The Kier molecular flexibility index (Phi) is 3.36. The summed E-state index contributed by atoms with van der Waals surface area (Å²) in [6.45, 7) is 0. The van der Waals surface area contributed by atoms with E-state index in [0.29, 0.717) is 5.56 Å². The lowest BCUT2D eigenvalue weighted by Crippen LogP contribution is -2.12. The minimum Gasteiger partial charge on any atom is -0.322 e. The highest BCUT2D eigenvalue weighted by atomic mass is 79.9. The number of hydrogen-bond acceptors (Lipinski definition) is 2. The van der Waals surface area contributed by atoms with Crippen molar-refractivity contribution in [2.45, 2.75) is 0 Å². The lowest BCUT2D eigenvalue weighted by molar-refractivity contribution is 0.102. The molecule has 3 aromatic rings. The van der Waals surface area contributed by atoms with Crippen LogP contribution in [0.3, 0.4) is 0 Å². The second-order valence-corrected chi connectivity index (χ2v) is 5.91. The van der Waals surface area contributed by atoms with Gasteiger partial charge in [-0.2, -0.15) is 0 Å². The van der Waals surface area contributed by atoms with E-state index in [2.05, 4.69) is 21.2 Å². The van der Waals surface area contributed by atoms with Gasteiger partial charge in [-0.15, -0.1) is 11.3 Å². The zero-order chi connectivity index (χ0) is 13.2. The number of anilines is 1. The van der Waals surface area contributed by atoms with E-state index in [1.165, 1.54) is 4.70 Å². The van der Waals surface area contributed by atoms with Crippen LogP contribution in [0.4, 0.5) is 5.69 Å². The minimum atomic E-state index is -0.109. The van der Waals surface area contributed by atoms with E-state index in [1.54, 1.807) is 17.4 Å². The summed E-state index contributed by atoms with van der Waals surface area (Å²) in [6.07, 6.45) is 0. The van der Waals surface area contributed by atoms with Gasteiger partial charge in [-0.3, -0.25) is 4.79 Å². The van der Waals surface area contributed by atoms with Crippen molar-refractivity contribution >= 4 is 48.9 Å². The van der Waals surface area contributed by atoms with E-state index in [9.17, 15) is 4.79 Å². The number of carbonyl (C=O) groups excluding carboxylic acids is 1. The Hall–Kier alpha value is -1.65. The zero-order valence-corrected chi connectivity index (χ0v) is 12.3. The van der Waals surface area contributed by atoms with E-state index in [4.69, 9.17) is 0 Å². The van der Waals surface area contributed by atoms with Gasteiger partial charge in [0.05, 0.1) is 5.56 Å². The van der Waals surface area contributed by atoms with Crippen LogP contribution in [0.15, 0.2) is 58.4 Å². The second-order valence-electron chi connectivity index (χ2n) is 4.11. The van der Waals surface area contributed by atoms with E-state index >= 15 is 0 Å². The lowest BCUT2D eigenvalue weighted by atomic mass is 10.2. The quantitative estimate of drug-likeness (QED) is 0.709. The Bertz CT molecular complexity index is 750. The van der Waals surface area contributed by atoms with E-state index in [-0.39, 0.29) is 5.91 Å². The van der Waals surface area contributed by atoms with Gasteiger partial charge in [0.15, 0.2) is 0 Å². The van der Waals surface area contributed by atoms with Crippen LogP contribution >= 0.6 is 27.3 Å². The molecule has 4 heteroatoms. The van der Waals surface area contributed by atoms with E-state index < -0.39 is 0 Å². The first kappa shape index (κ1) is 12.4. The molecule has 2 aromatic carbocycles. The maximum atomic E-state index is 12.2. The predicted octanol–water partition coefficient (Wildman–Crippen LogP) is 4.92. The summed E-state index contributed by atoms with van der Waals surface area (Å²) in [5.74, 6) is -0.109. The third kappa shape index (κ3) is 2.55. The molecule has 0 atom stereocenters. The van der Waals surface area contributed by atoms with Gasteiger partial charge in [0, 0.05) is 14.9 Å². The molecule has 3 rings (SSSR count). The summed E-state index contributed by atoms with van der Waals surface area (Å²) in [7, 11) is 0. The fraction of sp³-hybridized carbons (Fsp3) is 0. The molecule has 0 fully saturated rings. The molecule has 1 aromatic heterocycles. The summed E-state index contributed by atoms with van der Waals surface area (Å²) in [5, 5.41) is 6.11. The summed E-state index contributed by atoms with van der Waals surface area (Å²) >= 11 is 5.08. The Balaban J connectivity index is 1.88. The molecule has 1 amide bonds. The van der Waals surface area contributed by atoms with Crippen LogP contribution in [0.1, 0.15) is 10.4 Å². The van der Waals surface area contributed by atoms with Crippen LogP contribution in [0.25, 0.3) is 10.1 Å². The molecule has 0 bridgehead atoms. The van der Waals surface area contributed by atoms with Crippen molar-refractivity contribution in [2.75, 3.05) is 5.32 Å². The first-order valence-corrected chi connectivity index (χ1v) is 7.44. The van der Waals surface area contributed by atoms with Crippen LogP contribution in [0, 0.1) is 0 Å². The number of hydrogen-bond donors (Lipinski definition) is 1. The van der Waals surface area contributed by atoms with Gasteiger partial charge in [-0.1, -0.05) is 12.1 Å². The Labute approximate surface area is 123 Å². The average molecular weight is 332 g/mol. The maximum absolute atomic E-state index is 12.2. The van der Waals surface area contributed by atoms with Crippen LogP contribution in [-0.4, -0.2) is 5.91 Å². The van der Waals surface area contributed by atoms with Gasteiger partial charge < -0.3 is 5.32 Å². The molecule has 0 unspecified atom stereocenters. The number of carbonyl (C=O) groups is 1. The molecule has 0 aliphatic heterocycles. The Morgan fingerprint density at radius 3 is 2.79 bits per heavy atom. The van der Waals surface area contributed by atoms with Crippen molar-refractivity contribution in [1.29, 1.82) is 0 Å². The molecule has 19 heavy (non-hydrogen) atoms. The molecule has 0 aliphatic rings. The molecule has 94 valence electrons. The summed E-state index contributed by atoms with van der Waals surface area (Å²) in [5.41, 5.74) is 1.44. The summed E-state index contributed by atoms with van der Waals surface area (Å²) < 4.78 is 2.02. The van der Waals surface area contributed by atoms with Crippen LogP contribution < -0.4 is 5.32 Å². The number of nitrogens with one attached hydrogen (secondary N) is 1. The standard InChI is InChI=1S/C15H10BrNOS/c16-13-4-2-1-3-12(13)15(18)17-11-5-6-14-10(9-11)7-8-19-14/h1-9H,(H,17,18). The smallest absolute Gasteiger partial charge is 0.256 e. The number of halogens is 1. The lowest BCUT2D eigenvalue weighted by Gasteiger charge is -2.06. The second kappa shape index (κ2) is 5.15. The normalized spacial score (nSPS) is 10.6. The predicted molar refractivity (Wildman–Crippen MR) is 83.9 cm³/mol. The van der Waals surface area contributed by atoms with Gasteiger partial charge in [0.1, 0.15) is 0 Å². The largest absolute Gasteiger partial charge is 0.322 e. The Morgan fingerprint density at radius 1 is 1.11 bits per heavy atom. The van der Waals surface area contributed by atoms with Crippen LogP contribution in [0.2, 0.25) is 0 Å². The molecule has 0 radical (unpaired) electrons. The third-order valence-corrected chi connectivity index (χ3v) is 4.42. The Morgan fingerprint density at radius 2 is 1.95 bits per heavy atom. The molecule has 0 spiro atoms. The number of amides is 1. The van der Waals surface area contributed by atoms with Gasteiger partial charge in [0.2, 0.25) is 0 Å². The van der Waals surface area contributed by atoms with Crippen LogP contribution in [0.5, 0.6) is 0 Å². The van der Waals surface area contributed by atoms with Gasteiger partial charge in [-0.25, -0.2) is 0 Å². The number of thiophene rings is 1. The van der Waals surface area contributed by atoms with Gasteiger partial charge in [-0.05, 0) is 63.1 Å². The van der Waals surface area contributed by atoms with Crippen molar-refractivity contribution in [2.24, 2.45) is 0 Å². The first-order valence-electron chi connectivity index (χ1n) is 5.77. The van der Waals surface area contributed by atoms with E-state index in [0.717, 1.165) is 15.5 Å². The molecule has 1 N–H and O–H groups in total. The minimum absolute atomic E-state index is 0.109. The SMILES string of the molecule is O=C(Nc1ccc2sccc2c1)c1ccccc1Br. The van der Waals surface area contributed by atoms with Crippen molar-refractivity contribution in [3.8, 4) is 0 Å². The van der Waals surface area contributed by atoms with Gasteiger partial charge in [0.25, 0.3) is 5.91 Å². The molecule has 2 nitrogen and oxygen atoms in total. The molecule has 1 heterocycles. The first-order chi connectivity index (χ1) is 9.24. The molecule has 0 aliphatic carbocycles. The zero-order valence-electron chi connectivity index (χ0n) is 9.89. The summed E-state index contributed by atoms with van der Waals surface area (Å²) in [6, 6.07) is 15.4. The number of fused-ring (bicyclic) bond motifs is 1. The highest BCUT2D eigenvalue weighted by Gasteiger charge is 2.09. The van der Waals surface area contributed by atoms with Crippen LogP contribution in [-0.2, 0) is 0 Å². The monoisotopic (exact) mass is 331 g/mol. The van der Waals surface area contributed by atoms with Crippen molar-refractivity contribution in [3.63, 3.8) is 0 Å². The molecule has 0 saturated heterocycles. The molecule has 0 saturated carbocycles. The number of rotatable bonds is 2. The number of benzene rings is 2.